The molecule has 1 rings (SSSR count). The Bertz CT molecular complexity index is 421. The van der Waals surface area contributed by atoms with Gasteiger partial charge < -0.3 is 19.8 Å². The summed E-state index contributed by atoms with van der Waals surface area (Å²) in [4.78, 5) is 20.2. The van der Waals surface area contributed by atoms with E-state index in [4.69, 9.17) is 0 Å². The molecular formula is C19H28O4Zn. The molecule has 0 aromatic heterocycles. The number of rotatable bonds is 11. The van der Waals surface area contributed by atoms with E-state index in [-0.39, 0.29) is 31.5 Å². The molecule has 0 atom stereocenters. The van der Waals surface area contributed by atoms with Gasteiger partial charge in [-0.25, -0.2) is 0 Å². The molecule has 0 N–H and O–H groups in total. The fourth-order valence-corrected chi connectivity index (χ4v) is 2.15. The minimum atomic E-state index is -1.13. The van der Waals surface area contributed by atoms with E-state index in [1.807, 2.05) is 0 Å². The van der Waals surface area contributed by atoms with Gasteiger partial charge in [0.2, 0.25) is 0 Å². The Morgan fingerprint density at radius 3 is 1.62 bits per heavy atom. The van der Waals surface area contributed by atoms with Crippen LogP contribution in [0.4, 0.5) is 0 Å². The van der Waals surface area contributed by atoms with Crippen molar-refractivity contribution in [2.24, 2.45) is 0 Å². The van der Waals surface area contributed by atoms with E-state index in [9.17, 15) is 19.8 Å². The number of aromatic carboxylic acids is 1. The Kier molecular flexibility index (Phi) is 18.9. The Labute approximate surface area is 158 Å². The molecule has 24 heavy (non-hydrogen) atoms. The van der Waals surface area contributed by atoms with Crippen molar-refractivity contribution in [1.29, 1.82) is 0 Å². The molecule has 0 aliphatic rings. The second kappa shape index (κ2) is 18.1. The molecule has 0 heterocycles. The predicted octanol–water partition coefficient (Wildman–Crippen LogP) is 2.70. The molecule has 0 saturated carbocycles. The summed E-state index contributed by atoms with van der Waals surface area (Å²) < 4.78 is 0. The van der Waals surface area contributed by atoms with Crippen molar-refractivity contribution in [2.75, 3.05) is 0 Å². The van der Waals surface area contributed by atoms with Gasteiger partial charge in [-0.2, -0.15) is 0 Å². The van der Waals surface area contributed by atoms with Gasteiger partial charge in [-0.3, -0.25) is 0 Å². The van der Waals surface area contributed by atoms with Crippen LogP contribution in [-0.2, 0) is 24.3 Å². The minimum absolute atomic E-state index is 0. The van der Waals surface area contributed by atoms with Crippen molar-refractivity contribution >= 4 is 11.9 Å². The summed E-state index contributed by atoms with van der Waals surface area (Å²) in [6.45, 7) is 2.22. The van der Waals surface area contributed by atoms with Gasteiger partial charge in [-0.15, -0.1) is 0 Å². The van der Waals surface area contributed by atoms with Crippen LogP contribution >= 0.6 is 0 Å². The number of hydrogen-bond acceptors (Lipinski definition) is 4. The summed E-state index contributed by atoms with van der Waals surface area (Å²) in [5.41, 5.74) is 0.220. The van der Waals surface area contributed by atoms with Gasteiger partial charge in [0, 0.05) is 5.97 Å². The van der Waals surface area contributed by atoms with Gasteiger partial charge in [0.1, 0.15) is 0 Å². The van der Waals surface area contributed by atoms with Crippen molar-refractivity contribution in [3.05, 3.63) is 35.9 Å². The fraction of sp³-hybridized carbons (Fsp3) is 0.579. The molecule has 0 fully saturated rings. The first-order chi connectivity index (χ1) is 11.1. The third kappa shape index (κ3) is 17.1. The SMILES string of the molecule is CCCCCCCCCCCC(=O)[O-].O=C([O-])c1ccccc1.[Zn+2]. The zero-order chi connectivity index (χ0) is 17.3. The van der Waals surface area contributed by atoms with E-state index >= 15 is 0 Å². The van der Waals surface area contributed by atoms with Crippen LogP contribution in [0.1, 0.15) is 81.5 Å². The Morgan fingerprint density at radius 2 is 1.25 bits per heavy atom. The van der Waals surface area contributed by atoms with Crippen LogP contribution in [0.15, 0.2) is 30.3 Å². The van der Waals surface area contributed by atoms with Gasteiger partial charge in [0.05, 0.1) is 5.97 Å². The maximum atomic E-state index is 10.1. The maximum Gasteiger partial charge on any atom is 2.00 e. The van der Waals surface area contributed by atoms with Crippen molar-refractivity contribution in [1.82, 2.24) is 0 Å². The monoisotopic (exact) mass is 384 g/mol. The van der Waals surface area contributed by atoms with Gasteiger partial charge in [-0.05, 0) is 18.4 Å². The Hall–Kier alpha value is -1.22. The van der Waals surface area contributed by atoms with Crippen LogP contribution in [-0.4, -0.2) is 11.9 Å². The number of hydrogen-bond donors (Lipinski definition) is 0. The largest absolute Gasteiger partial charge is 2.00 e. The first-order valence-electron chi connectivity index (χ1n) is 8.54. The van der Waals surface area contributed by atoms with Crippen molar-refractivity contribution in [3.8, 4) is 0 Å². The number of carboxylic acid groups (broad SMARTS) is 2. The zero-order valence-corrected chi connectivity index (χ0v) is 17.8. The van der Waals surface area contributed by atoms with Crippen LogP contribution in [0.25, 0.3) is 0 Å². The molecule has 130 valence electrons. The maximum absolute atomic E-state index is 10.1. The Morgan fingerprint density at radius 1 is 0.792 bits per heavy atom. The van der Waals surface area contributed by atoms with Gasteiger partial charge in [0.15, 0.2) is 0 Å². The fourth-order valence-electron chi connectivity index (χ4n) is 2.15. The zero-order valence-electron chi connectivity index (χ0n) is 14.8. The van der Waals surface area contributed by atoms with Gasteiger partial charge in [-0.1, -0.05) is 88.6 Å². The first kappa shape index (κ1) is 25.0. The van der Waals surface area contributed by atoms with E-state index in [1.165, 1.54) is 57.1 Å². The van der Waals surface area contributed by atoms with E-state index in [0.29, 0.717) is 0 Å². The normalized spacial score (nSPS) is 9.38. The van der Waals surface area contributed by atoms with Crippen molar-refractivity contribution in [2.45, 2.75) is 71.1 Å². The smallest absolute Gasteiger partial charge is 0.550 e. The van der Waals surface area contributed by atoms with Crippen LogP contribution in [0.3, 0.4) is 0 Å². The van der Waals surface area contributed by atoms with E-state index < -0.39 is 11.9 Å². The van der Waals surface area contributed by atoms with Crippen molar-refractivity contribution < 1.29 is 39.3 Å². The quantitative estimate of drug-likeness (QED) is 0.433. The van der Waals surface area contributed by atoms with E-state index in [2.05, 4.69) is 6.92 Å². The summed E-state index contributed by atoms with van der Waals surface area (Å²) in [6.07, 6.45) is 11.2. The number of carbonyl (C=O) groups excluding carboxylic acids is 2. The number of benzene rings is 1. The molecule has 0 unspecified atom stereocenters. The van der Waals surface area contributed by atoms with Crippen LogP contribution in [0.2, 0.25) is 0 Å². The first-order valence-corrected chi connectivity index (χ1v) is 8.54. The van der Waals surface area contributed by atoms with E-state index in [1.54, 1.807) is 18.2 Å². The van der Waals surface area contributed by atoms with Crippen LogP contribution in [0.5, 0.6) is 0 Å². The van der Waals surface area contributed by atoms with E-state index in [0.717, 1.165) is 12.8 Å². The van der Waals surface area contributed by atoms with Crippen LogP contribution in [0, 0.1) is 0 Å². The molecule has 1 aromatic rings. The average molecular weight is 386 g/mol. The average Bonchev–Trinajstić information content (AvgIpc) is 2.54. The second-order valence-corrected chi connectivity index (χ2v) is 5.60. The molecule has 1 aromatic carbocycles. The summed E-state index contributed by atoms with van der Waals surface area (Å²) in [7, 11) is 0. The molecule has 0 bridgehead atoms. The number of carbonyl (C=O) groups is 2. The number of aliphatic carboxylic acids is 1. The van der Waals surface area contributed by atoms with Gasteiger partial charge in [0.25, 0.3) is 0 Å². The predicted molar refractivity (Wildman–Crippen MR) is 87.6 cm³/mol. The molecule has 4 nitrogen and oxygen atoms in total. The summed E-state index contributed by atoms with van der Waals surface area (Å²) in [5, 5.41) is 20.2. The minimum Gasteiger partial charge on any atom is -0.550 e. The summed E-state index contributed by atoms with van der Waals surface area (Å²) in [5.74, 6) is -2.04. The molecule has 0 aliphatic heterocycles. The summed E-state index contributed by atoms with van der Waals surface area (Å²) in [6, 6.07) is 8.06. The molecule has 5 heteroatoms. The third-order valence-electron chi connectivity index (χ3n) is 3.49. The molecule has 0 radical (unpaired) electrons. The molecular weight excluding hydrogens is 358 g/mol. The Balaban J connectivity index is 0. The molecule has 0 aliphatic carbocycles. The van der Waals surface area contributed by atoms with Crippen molar-refractivity contribution in [3.63, 3.8) is 0 Å². The topological polar surface area (TPSA) is 80.3 Å². The van der Waals surface area contributed by atoms with Crippen LogP contribution < -0.4 is 10.2 Å². The standard InChI is InChI=1S/C12H24O2.C7H6O2.Zn/c1-2-3-4-5-6-7-8-9-10-11-12(13)14;8-7(9)6-4-2-1-3-5-6;/h2-11H2,1H3,(H,13,14);1-5H,(H,8,9);/q;;+2/p-2. The number of carboxylic acids is 2. The second-order valence-electron chi connectivity index (χ2n) is 5.60. The number of unbranched alkanes of at least 4 members (excludes halogenated alkanes) is 8. The molecule has 0 amide bonds. The third-order valence-corrected chi connectivity index (χ3v) is 3.49. The molecule has 0 saturated heterocycles. The van der Waals surface area contributed by atoms with Gasteiger partial charge >= 0.3 is 19.5 Å². The molecule has 0 spiro atoms. The summed E-state index contributed by atoms with van der Waals surface area (Å²) >= 11 is 0.